The van der Waals surface area contributed by atoms with Gasteiger partial charge in [-0.3, -0.25) is 19.3 Å². The second-order valence-electron chi connectivity index (χ2n) is 3.77. The minimum absolute atomic E-state index is 0.148. The Labute approximate surface area is 116 Å². The molecule has 2 N–H and O–H groups in total. The van der Waals surface area contributed by atoms with E-state index in [2.05, 4.69) is 0 Å². The second-order valence-corrected chi connectivity index (χ2v) is 5.13. The van der Waals surface area contributed by atoms with Gasteiger partial charge in [0.15, 0.2) is 4.90 Å². The monoisotopic (exact) mass is 327 g/mol. The molecule has 1 fully saturated rings. The lowest BCUT2D eigenvalue weighted by Crippen LogP contribution is -2.24. The van der Waals surface area contributed by atoms with Crippen LogP contribution < -0.4 is 0 Å². The van der Waals surface area contributed by atoms with E-state index in [0.29, 0.717) is 0 Å². The third kappa shape index (κ3) is 4.24. The molecule has 0 atom stereocenters. The van der Waals surface area contributed by atoms with Crippen molar-refractivity contribution in [2.24, 2.45) is 0 Å². The van der Waals surface area contributed by atoms with Gasteiger partial charge in [-0.05, 0) is 0 Å². The van der Waals surface area contributed by atoms with Gasteiger partial charge < -0.3 is 0 Å². The van der Waals surface area contributed by atoms with Gasteiger partial charge >= 0.3 is 0 Å². The molecule has 1 aliphatic heterocycles. The Kier molecular flexibility index (Phi) is 5.04. The van der Waals surface area contributed by atoms with E-state index in [1.165, 1.54) is 0 Å². The van der Waals surface area contributed by atoms with Gasteiger partial charge in [0.25, 0.3) is 21.9 Å². The Hall–Kier alpha value is -1.98. The zero-order chi connectivity index (χ0) is 16.4. The number of halogens is 3. The quantitative estimate of drug-likeness (QED) is 0.450. The van der Waals surface area contributed by atoms with E-state index < -0.39 is 44.3 Å². The van der Waals surface area contributed by atoms with E-state index >= 15 is 0 Å². The molecule has 0 bridgehead atoms. The van der Waals surface area contributed by atoms with Crippen LogP contribution in [-0.4, -0.2) is 35.1 Å². The molecule has 0 saturated carbocycles. The first-order valence-electron chi connectivity index (χ1n) is 5.20. The highest BCUT2D eigenvalue weighted by Crippen LogP contribution is 2.19. The van der Waals surface area contributed by atoms with Crippen molar-refractivity contribution < 1.29 is 40.9 Å². The highest BCUT2D eigenvalue weighted by atomic mass is 32.2. The predicted octanol–water partition coefficient (Wildman–Crippen LogP) is 0.875. The van der Waals surface area contributed by atoms with Crippen molar-refractivity contribution in [2.75, 3.05) is 0 Å². The number of carbonyl (C=O) groups is 2. The van der Waals surface area contributed by atoms with Gasteiger partial charge in [0, 0.05) is 25.0 Å². The summed E-state index contributed by atoms with van der Waals surface area (Å²) in [7, 11) is -5.00. The van der Waals surface area contributed by atoms with Gasteiger partial charge in [0.2, 0.25) is 0 Å². The summed E-state index contributed by atoms with van der Waals surface area (Å²) in [5, 5.41) is 8.57. The van der Waals surface area contributed by atoms with Crippen molar-refractivity contribution in [1.29, 1.82) is 0 Å². The molecule has 1 saturated heterocycles. The molecule has 1 aliphatic rings. The second kappa shape index (κ2) is 6.20. The average molecular weight is 327 g/mol. The summed E-state index contributed by atoms with van der Waals surface area (Å²) >= 11 is 0. The number of nitrogens with zero attached hydrogens (tertiary/aromatic N) is 1. The standard InChI is InChI=1S/C6H3F3O3S.C4H5NO3/c7-3-1-4(8)6(5(9)2-3)13(10,11)12;6-3-1-2-4(7)5(3)8/h1-2H,(H,10,11,12);8H,1-2H2. The number of amides is 2. The lowest BCUT2D eigenvalue weighted by atomic mass is 10.3. The normalized spacial score (nSPS) is 15.0. The molecule has 2 rings (SSSR count). The Bertz CT molecular complexity index is 651. The largest absolute Gasteiger partial charge is 0.300 e. The molecule has 1 aromatic rings. The molecule has 0 unspecified atom stereocenters. The van der Waals surface area contributed by atoms with E-state index in [1.54, 1.807) is 0 Å². The fourth-order valence-corrected chi connectivity index (χ4v) is 1.95. The lowest BCUT2D eigenvalue weighted by molar-refractivity contribution is -0.171. The highest BCUT2D eigenvalue weighted by Gasteiger charge is 2.26. The van der Waals surface area contributed by atoms with Crippen molar-refractivity contribution in [1.82, 2.24) is 5.06 Å². The first-order chi connectivity index (χ1) is 9.54. The van der Waals surface area contributed by atoms with Crippen LogP contribution in [0.1, 0.15) is 12.8 Å². The van der Waals surface area contributed by atoms with Crippen molar-refractivity contribution >= 4 is 21.9 Å². The molecule has 0 spiro atoms. The van der Waals surface area contributed by atoms with Crippen LogP contribution in [-0.2, 0) is 19.7 Å². The third-order valence-corrected chi connectivity index (χ3v) is 3.15. The third-order valence-electron chi connectivity index (χ3n) is 2.25. The van der Waals surface area contributed by atoms with Crippen molar-refractivity contribution in [3.63, 3.8) is 0 Å². The number of benzene rings is 1. The van der Waals surface area contributed by atoms with Gasteiger partial charge in [-0.15, -0.1) is 0 Å². The maximum absolute atomic E-state index is 12.6. The Morgan fingerprint density at radius 3 is 1.62 bits per heavy atom. The maximum atomic E-state index is 12.6. The zero-order valence-electron chi connectivity index (χ0n) is 10.1. The molecule has 1 aromatic carbocycles. The molecule has 7 nitrogen and oxygen atoms in total. The fraction of sp³-hybridized carbons (Fsp3) is 0.200. The smallest absolute Gasteiger partial charge is 0.282 e. The zero-order valence-corrected chi connectivity index (χ0v) is 10.9. The van der Waals surface area contributed by atoms with Crippen LogP contribution in [0, 0.1) is 17.5 Å². The Morgan fingerprint density at radius 2 is 1.38 bits per heavy atom. The minimum Gasteiger partial charge on any atom is -0.282 e. The van der Waals surface area contributed by atoms with Gasteiger partial charge in [-0.2, -0.15) is 13.5 Å². The topological polar surface area (TPSA) is 112 Å². The molecular formula is C10H8F3NO6S. The van der Waals surface area contributed by atoms with E-state index in [0.717, 1.165) is 0 Å². The predicted molar refractivity (Wildman–Crippen MR) is 59.0 cm³/mol. The van der Waals surface area contributed by atoms with E-state index in [4.69, 9.17) is 9.76 Å². The van der Waals surface area contributed by atoms with Gasteiger partial charge in [0.1, 0.15) is 17.5 Å². The van der Waals surface area contributed by atoms with E-state index in [-0.39, 0.29) is 30.0 Å². The van der Waals surface area contributed by atoms with Crippen LogP contribution in [0.4, 0.5) is 13.2 Å². The van der Waals surface area contributed by atoms with E-state index in [1.807, 2.05) is 0 Å². The first-order valence-corrected chi connectivity index (χ1v) is 6.64. The number of hydrogen-bond donors (Lipinski definition) is 2. The summed E-state index contributed by atoms with van der Waals surface area (Å²) in [5.74, 6) is -5.60. The summed E-state index contributed by atoms with van der Waals surface area (Å²) in [6.45, 7) is 0. The molecule has 1 heterocycles. The van der Waals surface area contributed by atoms with Crippen LogP contribution in [0.5, 0.6) is 0 Å². The van der Waals surface area contributed by atoms with Crippen molar-refractivity contribution in [2.45, 2.75) is 17.7 Å². The number of hydrogen-bond acceptors (Lipinski definition) is 5. The maximum Gasteiger partial charge on any atom is 0.300 e. The molecule has 0 aliphatic carbocycles. The van der Waals surface area contributed by atoms with Crippen molar-refractivity contribution in [3.8, 4) is 0 Å². The SMILES string of the molecule is O=C1CCC(=O)N1O.O=S(=O)(O)c1c(F)cc(F)cc1F. The summed E-state index contributed by atoms with van der Waals surface area (Å²) in [4.78, 5) is 18.9. The molecular weight excluding hydrogens is 319 g/mol. The fourth-order valence-electron chi connectivity index (χ4n) is 1.34. The van der Waals surface area contributed by atoms with Gasteiger partial charge in [-0.25, -0.2) is 13.2 Å². The molecule has 0 radical (unpaired) electrons. The minimum atomic E-state index is -5.00. The number of carbonyl (C=O) groups excluding carboxylic acids is 2. The summed E-state index contributed by atoms with van der Waals surface area (Å²) < 4.78 is 66.4. The van der Waals surface area contributed by atoms with Gasteiger partial charge in [-0.1, -0.05) is 0 Å². The Morgan fingerprint density at radius 1 is 1.00 bits per heavy atom. The number of rotatable bonds is 1. The number of hydroxylamine groups is 2. The van der Waals surface area contributed by atoms with Crippen LogP contribution in [0.15, 0.2) is 17.0 Å². The number of imide groups is 1. The van der Waals surface area contributed by atoms with Gasteiger partial charge in [0.05, 0.1) is 0 Å². The summed E-state index contributed by atoms with van der Waals surface area (Å²) in [5.41, 5.74) is 0. The summed E-state index contributed by atoms with van der Waals surface area (Å²) in [6, 6.07) is 0.318. The van der Waals surface area contributed by atoms with Crippen molar-refractivity contribution in [3.05, 3.63) is 29.6 Å². The molecule has 2 amide bonds. The van der Waals surface area contributed by atoms with Crippen LogP contribution >= 0.6 is 0 Å². The molecule has 0 aromatic heterocycles. The first kappa shape index (κ1) is 17.1. The van der Waals surface area contributed by atoms with Crippen LogP contribution in [0.2, 0.25) is 0 Å². The van der Waals surface area contributed by atoms with Crippen LogP contribution in [0.25, 0.3) is 0 Å². The molecule has 11 heteroatoms. The lowest BCUT2D eigenvalue weighted by Gasteiger charge is -2.00. The molecule has 21 heavy (non-hydrogen) atoms. The van der Waals surface area contributed by atoms with E-state index in [9.17, 15) is 31.2 Å². The summed E-state index contributed by atoms with van der Waals surface area (Å²) in [6.07, 6.45) is 0.296. The Balaban J connectivity index is 0.000000235. The van der Waals surface area contributed by atoms with Crippen LogP contribution in [0.3, 0.4) is 0 Å². The molecule has 116 valence electrons. The average Bonchev–Trinajstić information content (AvgIpc) is 2.58. The highest BCUT2D eigenvalue weighted by molar-refractivity contribution is 7.85.